The zero-order valence-electron chi connectivity index (χ0n) is 9.65. The van der Waals surface area contributed by atoms with E-state index in [0.29, 0.717) is 5.69 Å². The lowest BCUT2D eigenvalue weighted by molar-refractivity contribution is -0.118. The van der Waals surface area contributed by atoms with Crippen LogP contribution in [-0.4, -0.2) is 21.0 Å². The molecule has 0 saturated carbocycles. The second kappa shape index (κ2) is 5.88. The molecule has 2 aromatic rings. The molecule has 0 radical (unpaired) electrons. The molecular formula is C13H13N3O2. The number of hydrogen-bond donors (Lipinski definition) is 2. The Hall–Kier alpha value is -2.27. The fraction of sp³-hybridized carbons (Fsp3) is 0.154. The molecule has 5 nitrogen and oxygen atoms in total. The van der Waals surface area contributed by atoms with Gasteiger partial charge in [0.25, 0.3) is 0 Å². The second-order valence-corrected chi connectivity index (χ2v) is 3.74. The minimum absolute atomic E-state index is 0.0705. The summed E-state index contributed by atoms with van der Waals surface area (Å²) in [6.07, 6.45) is 2.00. The third kappa shape index (κ3) is 3.36. The third-order valence-electron chi connectivity index (χ3n) is 2.32. The van der Waals surface area contributed by atoms with Gasteiger partial charge in [-0.05, 0) is 18.2 Å². The first-order valence-electron chi connectivity index (χ1n) is 5.55. The SMILES string of the molecule is O=C(CC(O)c1ncccn1)Nc1ccccc1. The van der Waals surface area contributed by atoms with Gasteiger partial charge in [-0.1, -0.05) is 18.2 Å². The van der Waals surface area contributed by atoms with Gasteiger partial charge in [0, 0.05) is 18.1 Å². The molecule has 0 aliphatic carbocycles. The van der Waals surface area contributed by atoms with Crippen molar-refractivity contribution in [2.24, 2.45) is 0 Å². The predicted octanol–water partition coefficient (Wildman–Crippen LogP) is 1.54. The molecule has 1 atom stereocenters. The van der Waals surface area contributed by atoms with Gasteiger partial charge in [0.15, 0.2) is 5.82 Å². The highest BCUT2D eigenvalue weighted by molar-refractivity contribution is 5.90. The van der Waals surface area contributed by atoms with E-state index >= 15 is 0 Å². The van der Waals surface area contributed by atoms with Crippen LogP contribution in [0.1, 0.15) is 18.3 Å². The van der Waals surface area contributed by atoms with E-state index < -0.39 is 6.10 Å². The average molecular weight is 243 g/mol. The molecular weight excluding hydrogens is 230 g/mol. The molecule has 1 unspecified atom stereocenters. The van der Waals surface area contributed by atoms with Gasteiger partial charge >= 0.3 is 0 Å². The highest BCUT2D eigenvalue weighted by atomic mass is 16.3. The Bertz CT molecular complexity index is 502. The van der Waals surface area contributed by atoms with E-state index in [0.717, 1.165) is 0 Å². The minimum Gasteiger partial charge on any atom is -0.385 e. The minimum atomic E-state index is -0.991. The van der Waals surface area contributed by atoms with Gasteiger partial charge in [-0.3, -0.25) is 4.79 Å². The fourth-order valence-electron chi connectivity index (χ4n) is 1.48. The summed E-state index contributed by atoms with van der Waals surface area (Å²) < 4.78 is 0. The first-order chi connectivity index (χ1) is 8.75. The molecule has 0 aliphatic heterocycles. The summed E-state index contributed by atoms with van der Waals surface area (Å²) in [5, 5.41) is 12.5. The Kier molecular flexibility index (Phi) is 3.98. The Morgan fingerprint density at radius 1 is 1.17 bits per heavy atom. The van der Waals surface area contributed by atoms with Crippen molar-refractivity contribution >= 4 is 11.6 Å². The number of anilines is 1. The van der Waals surface area contributed by atoms with Crippen molar-refractivity contribution in [1.82, 2.24) is 9.97 Å². The monoisotopic (exact) mass is 243 g/mol. The summed E-state index contributed by atoms with van der Waals surface area (Å²) in [7, 11) is 0. The summed E-state index contributed by atoms with van der Waals surface area (Å²) in [5.74, 6) is -0.0261. The van der Waals surface area contributed by atoms with E-state index in [-0.39, 0.29) is 18.2 Å². The number of para-hydroxylation sites is 1. The number of benzene rings is 1. The molecule has 1 amide bonds. The maximum absolute atomic E-state index is 11.7. The van der Waals surface area contributed by atoms with Crippen LogP contribution in [0.2, 0.25) is 0 Å². The van der Waals surface area contributed by atoms with Crippen LogP contribution in [0.3, 0.4) is 0 Å². The maximum Gasteiger partial charge on any atom is 0.227 e. The molecule has 0 aliphatic rings. The lowest BCUT2D eigenvalue weighted by Crippen LogP contribution is -2.16. The quantitative estimate of drug-likeness (QED) is 0.854. The van der Waals surface area contributed by atoms with Crippen LogP contribution in [-0.2, 0) is 4.79 Å². The van der Waals surface area contributed by atoms with Crippen molar-refractivity contribution in [3.8, 4) is 0 Å². The average Bonchev–Trinajstić information content (AvgIpc) is 2.40. The fourth-order valence-corrected chi connectivity index (χ4v) is 1.48. The van der Waals surface area contributed by atoms with Gasteiger partial charge in [-0.15, -0.1) is 0 Å². The van der Waals surface area contributed by atoms with Gasteiger partial charge in [0.1, 0.15) is 6.10 Å². The van der Waals surface area contributed by atoms with E-state index in [1.54, 1.807) is 18.2 Å². The molecule has 0 saturated heterocycles. The van der Waals surface area contributed by atoms with Crippen molar-refractivity contribution in [3.63, 3.8) is 0 Å². The summed E-state index contributed by atoms with van der Waals surface area (Å²) in [6, 6.07) is 10.7. The van der Waals surface area contributed by atoms with E-state index in [4.69, 9.17) is 0 Å². The topological polar surface area (TPSA) is 75.1 Å². The first-order valence-corrected chi connectivity index (χ1v) is 5.55. The Balaban J connectivity index is 1.92. The van der Waals surface area contributed by atoms with Crippen molar-refractivity contribution in [2.75, 3.05) is 5.32 Å². The molecule has 5 heteroatoms. The number of nitrogens with zero attached hydrogens (tertiary/aromatic N) is 2. The summed E-state index contributed by atoms with van der Waals surface area (Å²) in [6.45, 7) is 0. The van der Waals surface area contributed by atoms with Gasteiger partial charge in [-0.2, -0.15) is 0 Å². The van der Waals surface area contributed by atoms with Crippen LogP contribution in [0.5, 0.6) is 0 Å². The normalized spacial score (nSPS) is 11.8. The van der Waals surface area contributed by atoms with Crippen molar-refractivity contribution < 1.29 is 9.90 Å². The van der Waals surface area contributed by atoms with Crippen LogP contribution in [0, 0.1) is 0 Å². The van der Waals surface area contributed by atoms with E-state index in [9.17, 15) is 9.90 Å². The Morgan fingerprint density at radius 2 is 1.83 bits per heavy atom. The molecule has 1 aromatic heterocycles. The number of aliphatic hydroxyl groups excluding tert-OH is 1. The molecule has 1 heterocycles. The number of aromatic nitrogens is 2. The van der Waals surface area contributed by atoms with Gasteiger partial charge in [0.2, 0.25) is 5.91 Å². The Morgan fingerprint density at radius 3 is 2.50 bits per heavy atom. The standard InChI is InChI=1S/C13H13N3O2/c17-11(13-14-7-4-8-15-13)9-12(18)16-10-5-2-1-3-6-10/h1-8,11,17H,9H2,(H,16,18). The Labute approximate surface area is 105 Å². The molecule has 0 fully saturated rings. The van der Waals surface area contributed by atoms with Gasteiger partial charge < -0.3 is 10.4 Å². The second-order valence-electron chi connectivity index (χ2n) is 3.74. The van der Waals surface area contributed by atoms with Crippen LogP contribution < -0.4 is 5.32 Å². The lowest BCUT2D eigenvalue weighted by atomic mass is 10.2. The number of nitrogens with one attached hydrogen (secondary N) is 1. The van der Waals surface area contributed by atoms with Crippen LogP contribution in [0.4, 0.5) is 5.69 Å². The number of carbonyl (C=O) groups excluding carboxylic acids is 1. The molecule has 0 spiro atoms. The predicted molar refractivity (Wildman–Crippen MR) is 66.7 cm³/mol. The molecule has 92 valence electrons. The third-order valence-corrected chi connectivity index (χ3v) is 2.32. The number of rotatable bonds is 4. The number of aliphatic hydroxyl groups is 1. The first kappa shape index (κ1) is 12.2. The zero-order valence-corrected chi connectivity index (χ0v) is 9.65. The molecule has 18 heavy (non-hydrogen) atoms. The van der Waals surface area contributed by atoms with Gasteiger partial charge in [0.05, 0.1) is 6.42 Å². The molecule has 2 N–H and O–H groups in total. The largest absolute Gasteiger partial charge is 0.385 e. The lowest BCUT2D eigenvalue weighted by Gasteiger charge is -2.09. The van der Waals surface area contributed by atoms with Crippen molar-refractivity contribution in [2.45, 2.75) is 12.5 Å². The zero-order chi connectivity index (χ0) is 12.8. The van der Waals surface area contributed by atoms with Crippen LogP contribution in [0.25, 0.3) is 0 Å². The maximum atomic E-state index is 11.7. The molecule has 2 rings (SSSR count). The van der Waals surface area contributed by atoms with Gasteiger partial charge in [-0.25, -0.2) is 9.97 Å². The van der Waals surface area contributed by atoms with E-state index in [1.165, 1.54) is 12.4 Å². The number of carbonyl (C=O) groups is 1. The van der Waals surface area contributed by atoms with Crippen molar-refractivity contribution in [3.05, 3.63) is 54.6 Å². The summed E-state index contributed by atoms with van der Waals surface area (Å²) in [4.78, 5) is 19.5. The highest BCUT2D eigenvalue weighted by Crippen LogP contribution is 2.13. The summed E-state index contributed by atoms with van der Waals surface area (Å²) >= 11 is 0. The number of hydrogen-bond acceptors (Lipinski definition) is 4. The highest BCUT2D eigenvalue weighted by Gasteiger charge is 2.15. The number of amides is 1. The van der Waals surface area contributed by atoms with Crippen LogP contribution in [0.15, 0.2) is 48.8 Å². The van der Waals surface area contributed by atoms with E-state index in [2.05, 4.69) is 15.3 Å². The van der Waals surface area contributed by atoms with Crippen molar-refractivity contribution in [1.29, 1.82) is 0 Å². The molecule has 0 bridgehead atoms. The smallest absolute Gasteiger partial charge is 0.227 e. The van der Waals surface area contributed by atoms with Crippen LogP contribution >= 0.6 is 0 Å². The van der Waals surface area contributed by atoms with E-state index in [1.807, 2.05) is 18.2 Å². The molecule has 1 aromatic carbocycles. The summed E-state index contributed by atoms with van der Waals surface area (Å²) in [5.41, 5.74) is 0.698.